The molecule has 2 saturated carbocycles. The minimum Gasteiger partial charge on any atom is -0.299 e. The lowest BCUT2D eigenvalue weighted by atomic mass is 9.62. The Labute approximate surface area is 119 Å². The third-order valence-electron chi connectivity index (χ3n) is 6.06. The summed E-state index contributed by atoms with van der Waals surface area (Å²) in [7, 11) is 0. The number of ketones is 1. The van der Waals surface area contributed by atoms with E-state index in [1.165, 1.54) is 38.5 Å². The van der Waals surface area contributed by atoms with Crippen LogP contribution in [0.25, 0.3) is 0 Å². The zero-order chi connectivity index (χ0) is 14.0. The van der Waals surface area contributed by atoms with Gasteiger partial charge in [0.05, 0.1) is 0 Å². The van der Waals surface area contributed by atoms with Crippen LogP contribution < -0.4 is 0 Å². The lowest BCUT2D eigenvalue weighted by Crippen LogP contribution is -2.39. The van der Waals surface area contributed by atoms with Gasteiger partial charge in [-0.15, -0.1) is 0 Å². The van der Waals surface area contributed by atoms with E-state index in [9.17, 15) is 4.79 Å². The van der Waals surface area contributed by atoms with Gasteiger partial charge in [-0.3, -0.25) is 4.79 Å². The summed E-state index contributed by atoms with van der Waals surface area (Å²) in [6, 6.07) is 0. The molecule has 0 spiro atoms. The molecule has 1 heteroatoms. The zero-order valence-electron chi connectivity index (χ0n) is 13.4. The highest BCUT2D eigenvalue weighted by molar-refractivity contribution is 5.83. The van der Waals surface area contributed by atoms with Crippen LogP contribution in [0.4, 0.5) is 0 Å². The summed E-state index contributed by atoms with van der Waals surface area (Å²) in [4.78, 5) is 12.2. The van der Waals surface area contributed by atoms with Crippen molar-refractivity contribution in [2.75, 3.05) is 0 Å². The summed E-state index contributed by atoms with van der Waals surface area (Å²) in [5, 5.41) is 0. The second-order valence-corrected chi connectivity index (χ2v) is 7.86. The highest BCUT2D eigenvalue weighted by Gasteiger charge is 2.52. The Morgan fingerprint density at radius 2 is 1.95 bits per heavy atom. The first-order chi connectivity index (χ1) is 8.95. The molecule has 0 aliphatic heterocycles. The molecule has 4 atom stereocenters. The molecule has 0 amide bonds. The van der Waals surface area contributed by atoms with Crippen LogP contribution in [-0.2, 0) is 4.79 Å². The van der Waals surface area contributed by atoms with Crippen LogP contribution in [0.15, 0.2) is 0 Å². The molecule has 2 fully saturated rings. The van der Waals surface area contributed by atoms with Crippen LogP contribution in [0, 0.1) is 29.1 Å². The number of carbonyl (C=O) groups excluding carboxylic acids is 1. The van der Waals surface area contributed by atoms with Crippen molar-refractivity contribution in [2.24, 2.45) is 29.1 Å². The van der Waals surface area contributed by atoms with Crippen molar-refractivity contribution < 1.29 is 4.79 Å². The average molecular weight is 264 g/mol. The van der Waals surface area contributed by atoms with Crippen LogP contribution in [0.1, 0.15) is 79.1 Å². The minimum absolute atomic E-state index is 0.340. The SMILES string of the molecule is CC(C)CCCC(C)[C@H]1CCC2C(=O)CCC[C@@]21C. The molecule has 0 N–H and O–H groups in total. The third kappa shape index (κ3) is 3.06. The molecule has 0 saturated heterocycles. The van der Waals surface area contributed by atoms with Gasteiger partial charge in [-0.2, -0.15) is 0 Å². The fraction of sp³-hybridized carbons (Fsp3) is 0.944. The maximum Gasteiger partial charge on any atom is 0.136 e. The molecule has 0 aromatic heterocycles. The molecule has 0 radical (unpaired) electrons. The number of fused-ring (bicyclic) bond motifs is 1. The van der Waals surface area contributed by atoms with Crippen LogP contribution in [0.5, 0.6) is 0 Å². The Morgan fingerprint density at radius 3 is 2.63 bits per heavy atom. The van der Waals surface area contributed by atoms with E-state index in [0.717, 1.165) is 30.6 Å². The number of Topliss-reactive ketones (excluding diaryl/α,β-unsaturated/α-hetero) is 1. The van der Waals surface area contributed by atoms with Crippen LogP contribution in [-0.4, -0.2) is 5.78 Å². The third-order valence-corrected chi connectivity index (χ3v) is 6.06. The lowest BCUT2D eigenvalue weighted by molar-refractivity contribution is -0.130. The molecule has 0 aromatic rings. The summed E-state index contributed by atoms with van der Waals surface area (Å²) in [5.41, 5.74) is 0.340. The highest BCUT2D eigenvalue weighted by Crippen LogP contribution is 2.57. The maximum atomic E-state index is 12.2. The molecule has 0 bridgehead atoms. The summed E-state index contributed by atoms with van der Waals surface area (Å²) < 4.78 is 0. The maximum absolute atomic E-state index is 12.2. The second kappa shape index (κ2) is 5.97. The predicted octanol–water partition coefficient (Wildman–Crippen LogP) is 5.23. The summed E-state index contributed by atoms with van der Waals surface area (Å²) in [5.74, 6) is 3.41. The molecule has 0 aromatic carbocycles. The van der Waals surface area contributed by atoms with Gasteiger partial charge < -0.3 is 0 Å². The van der Waals surface area contributed by atoms with Gasteiger partial charge in [-0.1, -0.05) is 47.0 Å². The molecule has 2 rings (SSSR count). The van der Waals surface area contributed by atoms with Gasteiger partial charge >= 0.3 is 0 Å². The van der Waals surface area contributed by atoms with Gasteiger partial charge in [-0.25, -0.2) is 0 Å². The molecule has 2 aliphatic rings. The summed E-state index contributed by atoms with van der Waals surface area (Å²) in [6.07, 6.45) is 9.85. The normalized spacial score (nSPS) is 36.6. The van der Waals surface area contributed by atoms with E-state index in [1.54, 1.807) is 0 Å². The van der Waals surface area contributed by atoms with E-state index < -0.39 is 0 Å². The summed E-state index contributed by atoms with van der Waals surface area (Å²) >= 11 is 0. The number of rotatable bonds is 5. The molecule has 110 valence electrons. The van der Waals surface area contributed by atoms with E-state index in [2.05, 4.69) is 27.7 Å². The summed E-state index contributed by atoms with van der Waals surface area (Å²) in [6.45, 7) is 9.50. The van der Waals surface area contributed by atoms with E-state index >= 15 is 0 Å². The van der Waals surface area contributed by atoms with Gasteiger partial charge in [0.2, 0.25) is 0 Å². The predicted molar refractivity (Wildman–Crippen MR) is 81.0 cm³/mol. The van der Waals surface area contributed by atoms with Gasteiger partial charge in [0, 0.05) is 12.3 Å². The van der Waals surface area contributed by atoms with Crippen molar-refractivity contribution in [1.82, 2.24) is 0 Å². The van der Waals surface area contributed by atoms with Crippen molar-refractivity contribution in [3.05, 3.63) is 0 Å². The van der Waals surface area contributed by atoms with Crippen LogP contribution in [0.2, 0.25) is 0 Å². The van der Waals surface area contributed by atoms with Gasteiger partial charge in [0.25, 0.3) is 0 Å². The van der Waals surface area contributed by atoms with Crippen LogP contribution in [0.3, 0.4) is 0 Å². The Balaban J connectivity index is 1.95. The quantitative estimate of drug-likeness (QED) is 0.664. The largest absolute Gasteiger partial charge is 0.299 e. The smallest absolute Gasteiger partial charge is 0.136 e. The molecule has 2 unspecified atom stereocenters. The Bertz CT molecular complexity index is 320. The fourth-order valence-corrected chi connectivity index (χ4v) is 4.95. The second-order valence-electron chi connectivity index (χ2n) is 7.86. The molecular formula is C18H32O. The number of hydrogen-bond donors (Lipinski definition) is 0. The first kappa shape index (κ1) is 15.1. The first-order valence-corrected chi connectivity index (χ1v) is 8.48. The van der Waals surface area contributed by atoms with Crippen molar-refractivity contribution in [3.63, 3.8) is 0 Å². The molecule has 2 aliphatic carbocycles. The van der Waals surface area contributed by atoms with Crippen molar-refractivity contribution in [1.29, 1.82) is 0 Å². The van der Waals surface area contributed by atoms with Crippen LogP contribution >= 0.6 is 0 Å². The molecule has 0 heterocycles. The molecule has 1 nitrogen and oxygen atoms in total. The Hall–Kier alpha value is -0.330. The Morgan fingerprint density at radius 1 is 1.21 bits per heavy atom. The fourth-order valence-electron chi connectivity index (χ4n) is 4.95. The van der Waals surface area contributed by atoms with Gasteiger partial charge in [-0.05, 0) is 48.9 Å². The van der Waals surface area contributed by atoms with E-state index in [1.807, 2.05) is 0 Å². The van der Waals surface area contributed by atoms with Gasteiger partial charge in [0.1, 0.15) is 5.78 Å². The van der Waals surface area contributed by atoms with Crippen molar-refractivity contribution in [2.45, 2.75) is 79.1 Å². The highest BCUT2D eigenvalue weighted by atomic mass is 16.1. The lowest BCUT2D eigenvalue weighted by Gasteiger charge is -2.42. The first-order valence-electron chi connectivity index (χ1n) is 8.48. The van der Waals surface area contributed by atoms with Crippen molar-refractivity contribution in [3.8, 4) is 0 Å². The van der Waals surface area contributed by atoms with E-state index in [-0.39, 0.29) is 0 Å². The Kier molecular flexibility index (Phi) is 4.74. The molecular weight excluding hydrogens is 232 g/mol. The topological polar surface area (TPSA) is 17.1 Å². The van der Waals surface area contributed by atoms with Crippen molar-refractivity contribution >= 4 is 5.78 Å². The standard InChI is InChI=1S/C18H32O/c1-13(2)7-5-8-14(3)15-10-11-16-17(19)9-6-12-18(15,16)4/h13-16H,5-12H2,1-4H3/t14?,15-,16?,18-/m1/s1. The minimum atomic E-state index is 0.340. The monoisotopic (exact) mass is 264 g/mol. The zero-order valence-corrected chi connectivity index (χ0v) is 13.4. The van der Waals surface area contributed by atoms with E-state index in [4.69, 9.17) is 0 Å². The van der Waals surface area contributed by atoms with E-state index in [0.29, 0.717) is 17.1 Å². The molecule has 19 heavy (non-hydrogen) atoms. The average Bonchev–Trinajstić information content (AvgIpc) is 2.67. The van der Waals surface area contributed by atoms with Gasteiger partial charge in [0.15, 0.2) is 0 Å². The number of carbonyl (C=O) groups is 1. The number of hydrogen-bond acceptors (Lipinski definition) is 1.